The third kappa shape index (κ3) is 7.64. The van der Waals surface area contributed by atoms with Crippen molar-refractivity contribution in [2.24, 2.45) is 0 Å². The molecule has 3 aromatic rings. The lowest BCUT2D eigenvalue weighted by molar-refractivity contribution is -0.147. The van der Waals surface area contributed by atoms with Crippen LogP contribution in [0.5, 0.6) is 11.5 Å². The molecule has 3 aromatic carbocycles. The van der Waals surface area contributed by atoms with E-state index in [2.05, 4.69) is 10.6 Å². The molecular weight excluding hydrogens is 456 g/mol. The Bertz CT molecular complexity index is 1180. The van der Waals surface area contributed by atoms with E-state index in [-0.39, 0.29) is 18.7 Å². The molecule has 0 aliphatic heterocycles. The van der Waals surface area contributed by atoms with Gasteiger partial charge in [-0.15, -0.1) is 0 Å². The summed E-state index contributed by atoms with van der Waals surface area (Å²) in [4.78, 5) is 36.0. The largest absolute Gasteiger partial charge is 0.456 e. The second-order valence-corrected chi connectivity index (χ2v) is 8.02. The Morgan fingerprint density at radius 3 is 2.18 bits per heavy atom. The first-order valence-corrected chi connectivity index (χ1v) is 11.0. The maximum Gasteiger partial charge on any atom is 0.306 e. The van der Waals surface area contributed by atoms with Crippen molar-refractivity contribution >= 4 is 40.8 Å². The van der Waals surface area contributed by atoms with E-state index in [0.717, 1.165) is 11.1 Å². The van der Waals surface area contributed by atoms with E-state index in [0.29, 0.717) is 27.9 Å². The summed E-state index contributed by atoms with van der Waals surface area (Å²) in [5.74, 6) is -0.332. The van der Waals surface area contributed by atoms with Crippen molar-refractivity contribution in [3.05, 3.63) is 82.9 Å². The zero-order chi connectivity index (χ0) is 24.5. The summed E-state index contributed by atoms with van der Waals surface area (Å²) in [6, 6.07) is 19.4. The molecule has 0 spiro atoms. The summed E-state index contributed by atoms with van der Waals surface area (Å²) < 4.78 is 10.7. The summed E-state index contributed by atoms with van der Waals surface area (Å²) in [5, 5.41) is 5.87. The summed E-state index contributed by atoms with van der Waals surface area (Å²) >= 11 is 6.08. The minimum atomic E-state index is -0.631. The second-order valence-electron chi connectivity index (χ2n) is 7.61. The van der Waals surface area contributed by atoms with E-state index >= 15 is 0 Å². The Morgan fingerprint density at radius 1 is 0.794 bits per heavy atom. The molecule has 0 aromatic heterocycles. The van der Waals surface area contributed by atoms with Crippen molar-refractivity contribution in [1.82, 2.24) is 0 Å². The first-order valence-electron chi connectivity index (χ1n) is 10.6. The highest BCUT2D eigenvalue weighted by Gasteiger charge is 2.11. The monoisotopic (exact) mass is 480 g/mol. The Hall–Kier alpha value is -3.84. The summed E-state index contributed by atoms with van der Waals surface area (Å²) in [6.07, 6.45) is -0.216. The van der Waals surface area contributed by atoms with Crippen LogP contribution in [0.2, 0.25) is 5.02 Å². The van der Waals surface area contributed by atoms with Crippen molar-refractivity contribution in [2.45, 2.75) is 26.7 Å². The fourth-order valence-corrected chi connectivity index (χ4v) is 3.11. The van der Waals surface area contributed by atoms with Gasteiger partial charge in [0.15, 0.2) is 6.61 Å². The third-order valence-corrected chi connectivity index (χ3v) is 5.23. The molecule has 0 aliphatic rings. The number of aryl methyl sites for hydroxylation is 2. The Labute approximate surface area is 203 Å². The molecule has 34 heavy (non-hydrogen) atoms. The van der Waals surface area contributed by atoms with Crippen molar-refractivity contribution < 1.29 is 23.9 Å². The van der Waals surface area contributed by atoms with Crippen molar-refractivity contribution in [3.8, 4) is 11.5 Å². The van der Waals surface area contributed by atoms with Crippen LogP contribution in [0.4, 0.5) is 11.4 Å². The topological polar surface area (TPSA) is 93.7 Å². The number of carbonyl (C=O) groups is 3. The minimum Gasteiger partial charge on any atom is -0.456 e. The van der Waals surface area contributed by atoms with Gasteiger partial charge in [-0.2, -0.15) is 0 Å². The highest BCUT2D eigenvalue weighted by atomic mass is 35.5. The van der Waals surface area contributed by atoms with Crippen LogP contribution in [0.15, 0.2) is 66.7 Å². The molecule has 2 N–H and O–H groups in total. The molecule has 176 valence electrons. The lowest BCUT2D eigenvalue weighted by atomic mass is 10.1. The first kappa shape index (κ1) is 24.8. The lowest BCUT2D eigenvalue weighted by Gasteiger charge is -2.09. The average molecular weight is 481 g/mol. The van der Waals surface area contributed by atoms with Crippen LogP contribution in [0.25, 0.3) is 0 Å². The van der Waals surface area contributed by atoms with Gasteiger partial charge in [-0.25, -0.2) is 0 Å². The van der Waals surface area contributed by atoms with Crippen molar-refractivity contribution in [1.29, 1.82) is 0 Å². The van der Waals surface area contributed by atoms with E-state index in [9.17, 15) is 14.4 Å². The van der Waals surface area contributed by atoms with Crippen molar-refractivity contribution in [3.63, 3.8) is 0 Å². The molecule has 0 saturated carbocycles. The van der Waals surface area contributed by atoms with Gasteiger partial charge >= 0.3 is 5.97 Å². The van der Waals surface area contributed by atoms with Gasteiger partial charge in [0.05, 0.1) is 11.4 Å². The van der Waals surface area contributed by atoms with Crippen LogP contribution in [0.3, 0.4) is 0 Å². The number of benzene rings is 3. The number of carbonyl (C=O) groups excluding carboxylic acids is 3. The predicted octanol–water partition coefficient (Wildman–Crippen LogP) is 5.65. The van der Waals surface area contributed by atoms with E-state index in [4.69, 9.17) is 21.1 Å². The fourth-order valence-electron chi connectivity index (χ4n) is 2.93. The fraction of sp³-hybridized carbons (Fsp3) is 0.192. The highest BCUT2D eigenvalue weighted by Crippen LogP contribution is 2.29. The average Bonchev–Trinajstić information content (AvgIpc) is 2.81. The number of para-hydroxylation sites is 1. The number of ether oxygens (including phenoxy) is 2. The molecule has 0 saturated heterocycles. The van der Waals surface area contributed by atoms with Gasteiger partial charge in [-0.3, -0.25) is 14.4 Å². The smallest absolute Gasteiger partial charge is 0.306 e. The molecule has 8 heteroatoms. The van der Waals surface area contributed by atoms with Crippen LogP contribution in [0, 0.1) is 13.8 Å². The maximum absolute atomic E-state index is 12.1. The van der Waals surface area contributed by atoms with Gasteiger partial charge in [0.1, 0.15) is 11.5 Å². The molecule has 0 radical (unpaired) electrons. The highest BCUT2D eigenvalue weighted by molar-refractivity contribution is 6.32. The maximum atomic E-state index is 12.1. The molecule has 2 amide bonds. The number of halogens is 1. The van der Waals surface area contributed by atoms with Gasteiger partial charge in [0.2, 0.25) is 5.91 Å². The van der Waals surface area contributed by atoms with E-state index in [1.165, 1.54) is 0 Å². The van der Waals surface area contributed by atoms with Crippen LogP contribution < -0.4 is 15.4 Å². The Morgan fingerprint density at radius 2 is 1.47 bits per heavy atom. The number of esters is 1. The third-order valence-electron chi connectivity index (χ3n) is 4.91. The minimum absolute atomic E-state index is 0.0739. The van der Waals surface area contributed by atoms with Gasteiger partial charge in [-0.05, 0) is 73.5 Å². The molecule has 0 heterocycles. The molecular formula is C26H25ClN2O5. The summed E-state index contributed by atoms with van der Waals surface area (Å²) in [5.41, 5.74) is 3.34. The number of nitrogens with one attached hydrogen (secondary N) is 2. The van der Waals surface area contributed by atoms with Crippen LogP contribution >= 0.6 is 11.6 Å². The molecule has 0 atom stereocenters. The number of rotatable bonds is 9. The molecule has 0 aliphatic carbocycles. The van der Waals surface area contributed by atoms with Crippen LogP contribution in [-0.4, -0.2) is 24.4 Å². The second kappa shape index (κ2) is 11.9. The van der Waals surface area contributed by atoms with E-state index in [1.54, 1.807) is 42.5 Å². The van der Waals surface area contributed by atoms with E-state index < -0.39 is 18.5 Å². The van der Waals surface area contributed by atoms with Crippen LogP contribution in [0.1, 0.15) is 24.0 Å². The first-order chi connectivity index (χ1) is 16.3. The van der Waals surface area contributed by atoms with Gasteiger partial charge in [-0.1, -0.05) is 29.8 Å². The standard InChI is InChI=1S/C26H25ClN2O5/c1-17-7-8-20(15-18(17)2)29-25(31)16-33-26(32)14-13-24(30)28-19-9-11-21(12-10-19)34-23-6-4-3-5-22(23)27/h3-12,15H,13-14,16H2,1-2H3,(H,28,30)(H,29,31). The quantitative estimate of drug-likeness (QED) is 0.386. The van der Waals surface area contributed by atoms with Gasteiger partial charge in [0.25, 0.3) is 5.91 Å². The number of amides is 2. The Balaban J connectivity index is 1.37. The molecule has 0 unspecified atom stereocenters. The number of hydrogen-bond acceptors (Lipinski definition) is 5. The van der Waals surface area contributed by atoms with Gasteiger partial charge in [0, 0.05) is 17.8 Å². The zero-order valence-electron chi connectivity index (χ0n) is 18.9. The zero-order valence-corrected chi connectivity index (χ0v) is 19.6. The molecule has 0 bridgehead atoms. The van der Waals surface area contributed by atoms with Gasteiger partial charge < -0.3 is 20.1 Å². The molecule has 0 fully saturated rings. The van der Waals surface area contributed by atoms with Crippen molar-refractivity contribution in [2.75, 3.05) is 17.2 Å². The van der Waals surface area contributed by atoms with E-state index in [1.807, 2.05) is 38.1 Å². The van der Waals surface area contributed by atoms with Crippen LogP contribution in [-0.2, 0) is 19.1 Å². The summed E-state index contributed by atoms with van der Waals surface area (Å²) in [6.45, 7) is 3.50. The summed E-state index contributed by atoms with van der Waals surface area (Å²) in [7, 11) is 0. The SMILES string of the molecule is Cc1ccc(NC(=O)COC(=O)CCC(=O)Nc2ccc(Oc3ccccc3Cl)cc2)cc1C. The predicted molar refractivity (Wildman–Crippen MR) is 131 cm³/mol. The lowest BCUT2D eigenvalue weighted by Crippen LogP contribution is -2.21. The normalized spacial score (nSPS) is 10.3. The molecule has 7 nitrogen and oxygen atoms in total. The number of hydrogen-bond donors (Lipinski definition) is 2. The number of anilines is 2. The molecule has 3 rings (SSSR count). The Kier molecular flexibility index (Phi) is 8.65.